The van der Waals surface area contributed by atoms with Gasteiger partial charge in [-0.25, -0.2) is 0 Å². The third-order valence-electron chi connectivity index (χ3n) is 4.32. The maximum absolute atomic E-state index is 5.42. The maximum Gasteiger partial charge on any atom is 0.161 e. The molecule has 1 fully saturated rings. The third-order valence-corrected chi connectivity index (χ3v) is 5.73. The summed E-state index contributed by atoms with van der Waals surface area (Å²) in [6.45, 7) is 0. The molecular formula is C18H19BrO2. The average molecular weight is 347 g/mol. The summed E-state index contributed by atoms with van der Waals surface area (Å²) in [5.41, 5.74) is 2.84. The van der Waals surface area contributed by atoms with Gasteiger partial charge in [-0.3, -0.25) is 0 Å². The molecule has 1 unspecified atom stereocenters. The molecule has 3 rings (SSSR count). The summed E-state index contributed by atoms with van der Waals surface area (Å²) in [6, 6.07) is 16.9. The van der Waals surface area contributed by atoms with Crippen molar-refractivity contribution in [1.29, 1.82) is 0 Å². The summed E-state index contributed by atoms with van der Waals surface area (Å²) in [5.74, 6) is 1.55. The second-order valence-corrected chi connectivity index (χ2v) is 6.41. The lowest BCUT2D eigenvalue weighted by Gasteiger charge is -2.23. The van der Waals surface area contributed by atoms with Crippen molar-refractivity contribution in [1.82, 2.24) is 0 Å². The van der Waals surface area contributed by atoms with Crippen LogP contribution in [0.25, 0.3) is 0 Å². The lowest BCUT2D eigenvalue weighted by molar-refractivity contribution is 0.354. The molecule has 1 aliphatic rings. The summed E-state index contributed by atoms with van der Waals surface area (Å²) in [5, 5.41) is 0. The molecule has 0 aromatic heterocycles. The Labute approximate surface area is 134 Å². The van der Waals surface area contributed by atoms with Gasteiger partial charge in [0.2, 0.25) is 0 Å². The molecule has 2 aromatic rings. The van der Waals surface area contributed by atoms with Gasteiger partial charge in [-0.1, -0.05) is 52.3 Å². The Morgan fingerprint density at radius 1 is 0.952 bits per heavy atom. The summed E-state index contributed by atoms with van der Waals surface area (Å²) in [4.78, 5) is 0.284. The van der Waals surface area contributed by atoms with Gasteiger partial charge in [0, 0.05) is 10.2 Å². The van der Waals surface area contributed by atoms with E-state index in [0.29, 0.717) is 0 Å². The van der Waals surface area contributed by atoms with E-state index >= 15 is 0 Å². The van der Waals surface area contributed by atoms with Gasteiger partial charge >= 0.3 is 0 Å². The Kier molecular flexibility index (Phi) is 3.94. The van der Waals surface area contributed by atoms with Crippen LogP contribution in [0.4, 0.5) is 0 Å². The Bertz CT molecular complexity index is 620. The lowest BCUT2D eigenvalue weighted by atomic mass is 9.88. The normalized spacial score (nSPS) is 17.1. The van der Waals surface area contributed by atoms with E-state index in [-0.39, 0.29) is 10.2 Å². The fraction of sp³-hybridized carbons (Fsp3) is 0.333. The standard InChI is InChI=1S/C18H19BrO2/c1-20-15-9-8-13(12-16(15)21-2)17(19)18(10-11-18)14-6-4-3-5-7-14/h3-9,12,17H,10-11H2,1-2H3. The number of benzene rings is 2. The Morgan fingerprint density at radius 2 is 1.62 bits per heavy atom. The number of ether oxygens (including phenoxy) is 2. The molecule has 0 N–H and O–H groups in total. The van der Waals surface area contributed by atoms with Crippen molar-refractivity contribution in [2.75, 3.05) is 14.2 Å². The molecule has 110 valence electrons. The van der Waals surface area contributed by atoms with Crippen molar-refractivity contribution in [3.8, 4) is 11.5 Å². The first-order chi connectivity index (χ1) is 10.2. The van der Waals surface area contributed by atoms with Crippen LogP contribution in [-0.4, -0.2) is 14.2 Å². The van der Waals surface area contributed by atoms with Gasteiger partial charge in [-0.05, 0) is 36.1 Å². The summed E-state index contributed by atoms with van der Waals surface area (Å²) in [7, 11) is 3.34. The predicted molar refractivity (Wildman–Crippen MR) is 88.6 cm³/mol. The molecule has 0 saturated heterocycles. The van der Waals surface area contributed by atoms with E-state index < -0.39 is 0 Å². The first-order valence-electron chi connectivity index (χ1n) is 7.13. The zero-order valence-corrected chi connectivity index (χ0v) is 13.9. The number of alkyl halides is 1. The van der Waals surface area contributed by atoms with Crippen molar-refractivity contribution in [3.63, 3.8) is 0 Å². The van der Waals surface area contributed by atoms with Crippen LogP contribution in [0.1, 0.15) is 28.8 Å². The van der Waals surface area contributed by atoms with Crippen LogP contribution in [0.5, 0.6) is 11.5 Å². The Morgan fingerprint density at radius 3 is 2.19 bits per heavy atom. The molecule has 0 heterocycles. The maximum atomic E-state index is 5.42. The van der Waals surface area contributed by atoms with Gasteiger partial charge in [0.1, 0.15) is 0 Å². The summed E-state index contributed by atoms with van der Waals surface area (Å²) >= 11 is 3.92. The molecule has 1 saturated carbocycles. The molecule has 0 bridgehead atoms. The second-order valence-electron chi connectivity index (χ2n) is 5.50. The fourth-order valence-electron chi connectivity index (χ4n) is 2.92. The first kappa shape index (κ1) is 14.5. The van der Waals surface area contributed by atoms with Gasteiger partial charge in [-0.15, -0.1) is 0 Å². The zero-order valence-electron chi connectivity index (χ0n) is 12.3. The van der Waals surface area contributed by atoms with E-state index in [1.54, 1.807) is 14.2 Å². The van der Waals surface area contributed by atoms with Crippen molar-refractivity contribution in [2.45, 2.75) is 23.1 Å². The molecule has 21 heavy (non-hydrogen) atoms. The minimum atomic E-state index is 0.209. The predicted octanol–water partition coefficient (Wildman–Crippen LogP) is 4.87. The molecule has 0 amide bonds. The molecule has 0 spiro atoms. The van der Waals surface area contributed by atoms with Gasteiger partial charge in [-0.2, -0.15) is 0 Å². The minimum absolute atomic E-state index is 0.209. The van der Waals surface area contributed by atoms with Crippen LogP contribution in [0.3, 0.4) is 0 Å². The highest BCUT2D eigenvalue weighted by Crippen LogP contribution is 2.60. The molecule has 2 aromatic carbocycles. The Balaban J connectivity index is 1.94. The van der Waals surface area contributed by atoms with Gasteiger partial charge in [0.05, 0.1) is 14.2 Å². The number of rotatable bonds is 5. The first-order valence-corrected chi connectivity index (χ1v) is 8.04. The Hall–Kier alpha value is -1.48. The molecule has 1 atom stereocenters. The minimum Gasteiger partial charge on any atom is -0.493 e. The van der Waals surface area contributed by atoms with E-state index in [2.05, 4.69) is 58.4 Å². The van der Waals surface area contributed by atoms with E-state index in [0.717, 1.165) is 11.5 Å². The highest BCUT2D eigenvalue weighted by molar-refractivity contribution is 9.09. The summed E-state index contributed by atoms with van der Waals surface area (Å²) < 4.78 is 10.7. The van der Waals surface area contributed by atoms with Crippen LogP contribution in [0, 0.1) is 0 Å². The second kappa shape index (κ2) is 5.72. The molecule has 2 nitrogen and oxygen atoms in total. The van der Waals surface area contributed by atoms with Gasteiger partial charge in [0.25, 0.3) is 0 Å². The SMILES string of the molecule is COc1ccc(C(Br)C2(c3ccccc3)CC2)cc1OC. The molecule has 0 aliphatic heterocycles. The van der Waals surface area contributed by atoms with Crippen molar-refractivity contribution in [2.24, 2.45) is 0 Å². The quantitative estimate of drug-likeness (QED) is 0.719. The average Bonchev–Trinajstić information content (AvgIpc) is 3.36. The highest BCUT2D eigenvalue weighted by atomic mass is 79.9. The highest BCUT2D eigenvalue weighted by Gasteiger charge is 2.50. The lowest BCUT2D eigenvalue weighted by Crippen LogP contribution is -2.13. The number of hydrogen-bond donors (Lipinski definition) is 0. The smallest absolute Gasteiger partial charge is 0.161 e. The number of hydrogen-bond acceptors (Lipinski definition) is 2. The van der Waals surface area contributed by atoms with E-state index in [1.807, 2.05) is 6.07 Å². The van der Waals surface area contributed by atoms with Crippen molar-refractivity contribution < 1.29 is 9.47 Å². The van der Waals surface area contributed by atoms with Crippen LogP contribution < -0.4 is 9.47 Å². The molecule has 1 aliphatic carbocycles. The number of methoxy groups -OCH3 is 2. The molecule has 3 heteroatoms. The van der Waals surface area contributed by atoms with Crippen molar-refractivity contribution >= 4 is 15.9 Å². The van der Waals surface area contributed by atoms with Crippen LogP contribution >= 0.6 is 15.9 Å². The van der Waals surface area contributed by atoms with E-state index in [1.165, 1.54) is 24.0 Å². The van der Waals surface area contributed by atoms with E-state index in [9.17, 15) is 0 Å². The zero-order chi connectivity index (χ0) is 14.9. The van der Waals surface area contributed by atoms with Crippen LogP contribution in [0.15, 0.2) is 48.5 Å². The third kappa shape index (κ3) is 2.55. The summed E-state index contributed by atoms with van der Waals surface area (Å²) in [6.07, 6.45) is 2.42. The van der Waals surface area contributed by atoms with Gasteiger partial charge < -0.3 is 9.47 Å². The molecular weight excluding hydrogens is 328 g/mol. The topological polar surface area (TPSA) is 18.5 Å². The molecule has 0 radical (unpaired) electrons. The van der Waals surface area contributed by atoms with E-state index in [4.69, 9.17) is 9.47 Å². The van der Waals surface area contributed by atoms with Crippen LogP contribution in [0.2, 0.25) is 0 Å². The van der Waals surface area contributed by atoms with Gasteiger partial charge in [0.15, 0.2) is 11.5 Å². The van der Waals surface area contributed by atoms with Crippen LogP contribution in [-0.2, 0) is 5.41 Å². The fourth-order valence-corrected chi connectivity index (χ4v) is 3.93. The largest absolute Gasteiger partial charge is 0.493 e. The number of halogens is 1. The van der Waals surface area contributed by atoms with Crippen molar-refractivity contribution in [3.05, 3.63) is 59.7 Å². The monoisotopic (exact) mass is 346 g/mol.